The van der Waals surface area contributed by atoms with Gasteiger partial charge < -0.3 is 5.32 Å². The molecule has 3 rings (SSSR count). The van der Waals surface area contributed by atoms with Gasteiger partial charge in [-0.15, -0.1) is 11.3 Å². The zero-order valence-corrected chi connectivity index (χ0v) is 12.3. The molecule has 1 saturated carbocycles. The average molecular weight is 293 g/mol. The van der Waals surface area contributed by atoms with Crippen molar-refractivity contribution in [2.24, 2.45) is 0 Å². The van der Waals surface area contributed by atoms with Gasteiger partial charge in [0.25, 0.3) is 0 Å². The first-order chi connectivity index (χ1) is 9.31. The molecule has 0 spiro atoms. The number of nitrogens with one attached hydrogen (secondary N) is 1. The van der Waals surface area contributed by atoms with Crippen LogP contribution in [0.4, 0.5) is 0 Å². The summed E-state index contributed by atoms with van der Waals surface area (Å²) in [6.45, 7) is 1.00. The maximum absolute atomic E-state index is 6.11. The molecule has 100 valence electrons. The third kappa shape index (κ3) is 3.78. The van der Waals surface area contributed by atoms with Crippen LogP contribution in [0.2, 0.25) is 5.02 Å². The van der Waals surface area contributed by atoms with E-state index in [-0.39, 0.29) is 0 Å². The second kappa shape index (κ2) is 6.04. The fraction of sp³-hybridized carbons (Fsp3) is 0.400. The van der Waals surface area contributed by atoms with Crippen molar-refractivity contribution in [3.8, 4) is 0 Å². The van der Waals surface area contributed by atoms with E-state index in [9.17, 15) is 0 Å². The van der Waals surface area contributed by atoms with Crippen molar-refractivity contribution in [2.75, 3.05) is 6.54 Å². The lowest BCUT2D eigenvalue weighted by molar-refractivity contribution is 0.573. The number of aromatic nitrogens is 1. The number of thiazole rings is 1. The molecular formula is C15H17ClN2S. The van der Waals surface area contributed by atoms with Crippen molar-refractivity contribution < 1.29 is 0 Å². The Balaban J connectivity index is 1.73. The summed E-state index contributed by atoms with van der Waals surface area (Å²) in [6, 6.07) is 8.93. The summed E-state index contributed by atoms with van der Waals surface area (Å²) in [5.41, 5.74) is 4.37. The predicted molar refractivity (Wildman–Crippen MR) is 81.0 cm³/mol. The Hall–Kier alpha value is -0.900. The molecule has 2 aromatic rings. The third-order valence-electron chi connectivity index (χ3n) is 3.49. The van der Waals surface area contributed by atoms with Gasteiger partial charge in [-0.25, -0.2) is 4.98 Å². The molecule has 0 aliphatic heterocycles. The minimum absolute atomic E-state index is 0.446. The van der Waals surface area contributed by atoms with E-state index in [1.54, 1.807) is 11.3 Å². The van der Waals surface area contributed by atoms with E-state index in [0.29, 0.717) is 5.92 Å². The number of benzene rings is 1. The van der Waals surface area contributed by atoms with Gasteiger partial charge in [-0.05, 0) is 37.0 Å². The summed E-state index contributed by atoms with van der Waals surface area (Å²) >= 11 is 7.77. The Kier molecular flexibility index (Phi) is 4.16. The van der Waals surface area contributed by atoms with Crippen molar-refractivity contribution >= 4 is 22.9 Å². The van der Waals surface area contributed by atoms with Gasteiger partial charge in [-0.2, -0.15) is 0 Å². The lowest BCUT2D eigenvalue weighted by atomic mass is 9.94. The van der Waals surface area contributed by atoms with Crippen molar-refractivity contribution in [3.63, 3.8) is 0 Å². The van der Waals surface area contributed by atoms with Crippen molar-refractivity contribution in [1.29, 1.82) is 0 Å². The Morgan fingerprint density at radius 2 is 2.32 bits per heavy atom. The van der Waals surface area contributed by atoms with E-state index >= 15 is 0 Å². The van der Waals surface area contributed by atoms with E-state index in [4.69, 9.17) is 11.6 Å². The standard InChI is InChI=1S/C15H17ClN2S/c16-13-3-1-2-11(6-13)12(8-17-14-4-5-14)7-15-9-19-10-18-15/h1-3,6,9-10,12,14,17H,4-5,7-8H2. The van der Waals surface area contributed by atoms with Crippen LogP contribution in [-0.4, -0.2) is 17.6 Å². The Labute approximate surface area is 122 Å². The molecule has 1 heterocycles. The topological polar surface area (TPSA) is 24.9 Å². The van der Waals surface area contributed by atoms with Crippen molar-refractivity contribution in [3.05, 3.63) is 51.4 Å². The highest BCUT2D eigenvalue weighted by atomic mass is 35.5. The lowest BCUT2D eigenvalue weighted by Gasteiger charge is -2.17. The minimum Gasteiger partial charge on any atom is -0.313 e. The SMILES string of the molecule is Clc1cccc(C(CNC2CC2)Cc2cscn2)c1. The molecule has 1 N–H and O–H groups in total. The maximum Gasteiger partial charge on any atom is 0.0794 e. The van der Waals surface area contributed by atoms with Gasteiger partial charge in [-0.3, -0.25) is 0 Å². The highest BCUT2D eigenvalue weighted by Crippen LogP contribution is 2.25. The molecule has 1 aliphatic carbocycles. The Morgan fingerprint density at radius 3 is 3.00 bits per heavy atom. The number of rotatable bonds is 6. The minimum atomic E-state index is 0.446. The van der Waals surface area contributed by atoms with Crippen LogP contribution in [-0.2, 0) is 6.42 Å². The van der Waals surface area contributed by atoms with E-state index in [2.05, 4.69) is 27.8 Å². The summed E-state index contributed by atoms with van der Waals surface area (Å²) < 4.78 is 0. The second-order valence-corrected chi connectivity index (χ2v) is 6.27. The average Bonchev–Trinajstić information content (AvgIpc) is 3.10. The molecule has 4 heteroatoms. The van der Waals surface area contributed by atoms with Gasteiger partial charge in [0.15, 0.2) is 0 Å². The molecule has 1 aromatic heterocycles. The quantitative estimate of drug-likeness (QED) is 0.874. The first-order valence-electron chi connectivity index (χ1n) is 6.67. The molecule has 2 nitrogen and oxygen atoms in total. The Morgan fingerprint density at radius 1 is 1.42 bits per heavy atom. The summed E-state index contributed by atoms with van der Waals surface area (Å²) in [4.78, 5) is 4.40. The van der Waals surface area contributed by atoms with Crippen LogP contribution in [0.1, 0.15) is 30.0 Å². The van der Waals surface area contributed by atoms with E-state index in [1.165, 1.54) is 24.1 Å². The molecular weight excluding hydrogens is 276 g/mol. The number of halogens is 1. The fourth-order valence-electron chi connectivity index (χ4n) is 2.26. The smallest absolute Gasteiger partial charge is 0.0794 e. The van der Waals surface area contributed by atoms with Crippen LogP contribution in [0.5, 0.6) is 0 Å². The van der Waals surface area contributed by atoms with Crippen molar-refractivity contribution in [2.45, 2.75) is 31.2 Å². The fourth-order valence-corrected chi connectivity index (χ4v) is 3.03. The molecule has 1 atom stereocenters. The third-order valence-corrected chi connectivity index (χ3v) is 4.36. The van der Waals surface area contributed by atoms with Gasteiger partial charge in [0, 0.05) is 28.9 Å². The lowest BCUT2D eigenvalue weighted by Crippen LogP contribution is -2.24. The van der Waals surface area contributed by atoms with Gasteiger partial charge in [0.1, 0.15) is 0 Å². The van der Waals surface area contributed by atoms with Gasteiger partial charge in [0.05, 0.1) is 11.2 Å². The van der Waals surface area contributed by atoms with E-state index in [0.717, 1.165) is 24.0 Å². The largest absolute Gasteiger partial charge is 0.313 e. The molecule has 0 bridgehead atoms. The molecule has 1 fully saturated rings. The van der Waals surface area contributed by atoms with Crippen LogP contribution < -0.4 is 5.32 Å². The van der Waals surface area contributed by atoms with Crippen LogP contribution in [0.25, 0.3) is 0 Å². The number of hydrogen-bond donors (Lipinski definition) is 1. The molecule has 1 unspecified atom stereocenters. The van der Waals surface area contributed by atoms with Crippen LogP contribution >= 0.6 is 22.9 Å². The van der Waals surface area contributed by atoms with E-state index < -0.39 is 0 Å². The van der Waals surface area contributed by atoms with Crippen LogP contribution in [0, 0.1) is 0 Å². The molecule has 1 aromatic carbocycles. The van der Waals surface area contributed by atoms with Crippen LogP contribution in [0.3, 0.4) is 0 Å². The number of hydrogen-bond acceptors (Lipinski definition) is 3. The Bertz CT molecular complexity index is 523. The maximum atomic E-state index is 6.11. The molecule has 0 radical (unpaired) electrons. The zero-order valence-electron chi connectivity index (χ0n) is 10.7. The normalized spacial score (nSPS) is 16.5. The zero-order chi connectivity index (χ0) is 13.1. The van der Waals surface area contributed by atoms with Crippen LogP contribution in [0.15, 0.2) is 35.2 Å². The summed E-state index contributed by atoms with van der Waals surface area (Å²) in [5.74, 6) is 0.446. The summed E-state index contributed by atoms with van der Waals surface area (Å²) in [6.07, 6.45) is 3.61. The molecule has 0 saturated heterocycles. The molecule has 19 heavy (non-hydrogen) atoms. The second-order valence-electron chi connectivity index (χ2n) is 5.12. The molecule has 0 amide bonds. The van der Waals surface area contributed by atoms with E-state index in [1.807, 2.05) is 17.6 Å². The van der Waals surface area contributed by atoms with Gasteiger partial charge in [0.2, 0.25) is 0 Å². The van der Waals surface area contributed by atoms with Gasteiger partial charge in [-0.1, -0.05) is 23.7 Å². The summed E-state index contributed by atoms with van der Waals surface area (Å²) in [5, 5.41) is 6.57. The van der Waals surface area contributed by atoms with Crippen molar-refractivity contribution in [1.82, 2.24) is 10.3 Å². The highest BCUT2D eigenvalue weighted by molar-refractivity contribution is 7.07. The highest BCUT2D eigenvalue weighted by Gasteiger charge is 2.23. The first kappa shape index (κ1) is 13.1. The van der Waals surface area contributed by atoms with Gasteiger partial charge >= 0.3 is 0 Å². The predicted octanol–water partition coefficient (Wildman–Crippen LogP) is 3.87. The molecule has 1 aliphatic rings. The monoisotopic (exact) mass is 292 g/mol. The number of nitrogens with zero attached hydrogens (tertiary/aromatic N) is 1. The first-order valence-corrected chi connectivity index (χ1v) is 7.99. The summed E-state index contributed by atoms with van der Waals surface area (Å²) in [7, 11) is 0.